The second-order valence-electron chi connectivity index (χ2n) is 8.11. The first-order valence-corrected chi connectivity index (χ1v) is 12.5. The average Bonchev–Trinajstić information content (AvgIpc) is 2.90. The van der Waals surface area contributed by atoms with Crippen molar-refractivity contribution in [3.63, 3.8) is 0 Å². The Morgan fingerprint density at radius 3 is 2.24 bits per heavy atom. The number of hydrogen-bond donors (Lipinski definition) is 2. The number of thiocarbonyl (C=S) groups is 1. The third kappa shape index (κ3) is 6.62. The molecule has 0 aliphatic carbocycles. The maximum absolute atomic E-state index is 12.2. The van der Waals surface area contributed by atoms with Crippen molar-refractivity contribution >= 4 is 46.8 Å². The van der Waals surface area contributed by atoms with Crippen molar-refractivity contribution in [2.45, 2.75) is 20.1 Å². The zero-order valence-electron chi connectivity index (χ0n) is 20.7. The number of rotatable bonds is 10. The number of carbonyl (C=O) groups is 2. The monoisotopic (exact) mass is 552 g/mol. The summed E-state index contributed by atoms with van der Waals surface area (Å²) in [5.74, 6) is 0.689. The molecule has 0 saturated carbocycles. The molecule has 0 bridgehead atoms. The first-order valence-electron chi connectivity index (χ1n) is 11.7. The molecule has 1 fully saturated rings. The molecular formula is C28H25ClN2O6S. The van der Waals surface area contributed by atoms with Gasteiger partial charge in [-0.1, -0.05) is 48.0 Å². The number of hydrogen-bond acceptors (Lipinski definition) is 7. The number of nitrogens with one attached hydrogen (secondary N) is 2. The van der Waals surface area contributed by atoms with Gasteiger partial charge >= 0.3 is 0 Å². The van der Waals surface area contributed by atoms with E-state index in [9.17, 15) is 9.59 Å². The highest BCUT2D eigenvalue weighted by Gasteiger charge is 2.26. The predicted octanol–water partition coefficient (Wildman–Crippen LogP) is 4.82. The van der Waals surface area contributed by atoms with E-state index in [1.165, 1.54) is 6.08 Å². The molecule has 0 radical (unpaired) electrons. The van der Waals surface area contributed by atoms with E-state index >= 15 is 0 Å². The van der Waals surface area contributed by atoms with E-state index in [0.29, 0.717) is 41.8 Å². The van der Waals surface area contributed by atoms with Gasteiger partial charge in [-0.25, -0.2) is 0 Å². The van der Waals surface area contributed by atoms with Gasteiger partial charge in [-0.3, -0.25) is 20.2 Å². The Labute approximate surface area is 230 Å². The Balaban J connectivity index is 1.51. The van der Waals surface area contributed by atoms with Gasteiger partial charge in [0.1, 0.15) is 18.8 Å². The molecule has 2 N–H and O–H groups in total. The molecule has 0 unspecified atom stereocenters. The smallest absolute Gasteiger partial charge is 0.263 e. The third-order valence-corrected chi connectivity index (χ3v) is 5.92. The zero-order chi connectivity index (χ0) is 27.1. The Hall–Kier alpha value is -4.08. The first kappa shape index (κ1) is 27.0. The molecule has 0 spiro atoms. The molecule has 4 rings (SSSR count). The number of benzene rings is 3. The normalized spacial score (nSPS) is 12.9. The van der Waals surface area contributed by atoms with Crippen LogP contribution in [-0.2, 0) is 22.8 Å². The van der Waals surface area contributed by atoms with Crippen LogP contribution >= 0.6 is 23.8 Å². The van der Waals surface area contributed by atoms with Crippen molar-refractivity contribution in [2.75, 3.05) is 13.7 Å². The van der Waals surface area contributed by atoms with Crippen LogP contribution in [0.4, 0.5) is 0 Å². The van der Waals surface area contributed by atoms with Gasteiger partial charge in [0.25, 0.3) is 11.8 Å². The summed E-state index contributed by atoms with van der Waals surface area (Å²) in [6, 6.07) is 18.6. The first-order chi connectivity index (χ1) is 18.4. The summed E-state index contributed by atoms with van der Waals surface area (Å²) in [5, 5.41) is 5.01. The molecule has 0 aromatic heterocycles. The van der Waals surface area contributed by atoms with Crippen LogP contribution in [0.2, 0.25) is 5.02 Å². The molecule has 1 saturated heterocycles. The highest BCUT2D eigenvalue weighted by molar-refractivity contribution is 7.80. The standard InChI is InChI=1S/C28H25ClN2O6S/c1-3-35-24-14-19(11-20-26(32)30-28(38)31-27(20)33)12-21(29)25(24)37-16-18-9-10-22(23(13-18)34-2)36-15-17-7-5-4-6-8-17/h4-14H,3,15-16H2,1-2H3,(H2,30,31,32,33,38). The number of methoxy groups -OCH3 is 1. The van der Waals surface area contributed by atoms with Crippen LogP contribution in [0, 0.1) is 0 Å². The molecule has 1 heterocycles. The molecule has 1 aliphatic heterocycles. The predicted molar refractivity (Wildman–Crippen MR) is 148 cm³/mol. The van der Waals surface area contributed by atoms with Gasteiger partial charge in [0.15, 0.2) is 28.1 Å². The van der Waals surface area contributed by atoms with Crippen LogP contribution < -0.4 is 29.6 Å². The van der Waals surface area contributed by atoms with Crippen molar-refractivity contribution in [3.8, 4) is 23.0 Å². The average molecular weight is 553 g/mol. The maximum atomic E-state index is 12.2. The molecule has 3 aromatic rings. The van der Waals surface area contributed by atoms with Crippen LogP contribution in [0.5, 0.6) is 23.0 Å². The van der Waals surface area contributed by atoms with E-state index in [1.807, 2.05) is 55.5 Å². The lowest BCUT2D eigenvalue weighted by Crippen LogP contribution is -2.51. The Morgan fingerprint density at radius 1 is 0.842 bits per heavy atom. The lowest BCUT2D eigenvalue weighted by atomic mass is 10.1. The van der Waals surface area contributed by atoms with Crippen molar-refractivity contribution in [1.82, 2.24) is 10.6 Å². The summed E-state index contributed by atoms with van der Waals surface area (Å²) < 4.78 is 23.2. The van der Waals surface area contributed by atoms with Crippen LogP contribution in [0.3, 0.4) is 0 Å². The van der Waals surface area contributed by atoms with Crippen LogP contribution in [0.15, 0.2) is 66.2 Å². The lowest BCUT2D eigenvalue weighted by Gasteiger charge is -2.18. The summed E-state index contributed by atoms with van der Waals surface area (Å²) in [6.07, 6.45) is 1.41. The number of amides is 2. The van der Waals surface area contributed by atoms with Gasteiger partial charge in [0.05, 0.1) is 18.7 Å². The molecule has 2 amide bonds. The highest BCUT2D eigenvalue weighted by Crippen LogP contribution is 2.38. The largest absolute Gasteiger partial charge is 0.493 e. The minimum Gasteiger partial charge on any atom is -0.493 e. The summed E-state index contributed by atoms with van der Waals surface area (Å²) in [7, 11) is 1.58. The minimum atomic E-state index is -0.599. The fourth-order valence-corrected chi connectivity index (χ4v) is 4.12. The van der Waals surface area contributed by atoms with Crippen LogP contribution in [-0.4, -0.2) is 30.6 Å². The van der Waals surface area contributed by atoms with E-state index < -0.39 is 11.8 Å². The van der Waals surface area contributed by atoms with E-state index in [1.54, 1.807) is 19.2 Å². The third-order valence-electron chi connectivity index (χ3n) is 5.43. The molecular weight excluding hydrogens is 528 g/mol. The van der Waals surface area contributed by atoms with E-state index in [4.69, 9.17) is 42.8 Å². The molecule has 0 atom stereocenters. The van der Waals surface area contributed by atoms with Crippen LogP contribution in [0.25, 0.3) is 6.08 Å². The summed E-state index contributed by atoms with van der Waals surface area (Å²) in [6.45, 7) is 2.77. The van der Waals surface area contributed by atoms with Crippen molar-refractivity contribution in [1.29, 1.82) is 0 Å². The topological polar surface area (TPSA) is 95.1 Å². The molecule has 1 aliphatic rings. The van der Waals surface area contributed by atoms with Crippen molar-refractivity contribution in [3.05, 3.63) is 87.9 Å². The SMILES string of the molecule is CCOc1cc(C=C2C(=O)NC(=S)NC2=O)cc(Cl)c1OCc1ccc(OCc2ccccc2)c(OC)c1. The quantitative estimate of drug-likeness (QED) is 0.211. The molecule has 10 heteroatoms. The van der Waals surface area contributed by atoms with Crippen molar-refractivity contribution < 1.29 is 28.5 Å². The summed E-state index contributed by atoms with van der Waals surface area (Å²) in [4.78, 5) is 24.4. The molecule has 196 valence electrons. The Kier molecular flexibility index (Phi) is 8.83. The van der Waals surface area contributed by atoms with Gasteiger partial charge in [-0.05, 0) is 66.2 Å². The molecule has 38 heavy (non-hydrogen) atoms. The number of halogens is 1. The molecule has 3 aromatic carbocycles. The number of ether oxygens (including phenoxy) is 4. The molecule has 8 nitrogen and oxygen atoms in total. The minimum absolute atomic E-state index is 0.0404. The van der Waals surface area contributed by atoms with Crippen molar-refractivity contribution in [2.24, 2.45) is 0 Å². The summed E-state index contributed by atoms with van der Waals surface area (Å²) >= 11 is 11.4. The van der Waals surface area contributed by atoms with Gasteiger partial charge in [-0.15, -0.1) is 0 Å². The van der Waals surface area contributed by atoms with E-state index in [2.05, 4.69) is 10.6 Å². The highest BCUT2D eigenvalue weighted by atomic mass is 35.5. The zero-order valence-corrected chi connectivity index (χ0v) is 22.3. The van der Waals surface area contributed by atoms with Gasteiger partial charge in [-0.2, -0.15) is 0 Å². The fourth-order valence-electron chi connectivity index (χ4n) is 3.66. The Bertz CT molecular complexity index is 1370. The maximum Gasteiger partial charge on any atom is 0.263 e. The van der Waals surface area contributed by atoms with E-state index in [0.717, 1.165) is 11.1 Å². The Morgan fingerprint density at radius 2 is 1.55 bits per heavy atom. The number of carbonyl (C=O) groups excluding carboxylic acids is 2. The second kappa shape index (κ2) is 12.4. The fraction of sp³-hybridized carbons (Fsp3) is 0.179. The van der Waals surface area contributed by atoms with Gasteiger partial charge in [0, 0.05) is 0 Å². The summed E-state index contributed by atoms with van der Waals surface area (Å²) in [5.41, 5.74) is 2.26. The van der Waals surface area contributed by atoms with Gasteiger partial charge in [0.2, 0.25) is 0 Å². The van der Waals surface area contributed by atoms with E-state index in [-0.39, 0.29) is 22.3 Å². The lowest BCUT2D eigenvalue weighted by molar-refractivity contribution is -0.123. The van der Waals surface area contributed by atoms with Gasteiger partial charge < -0.3 is 18.9 Å². The second-order valence-corrected chi connectivity index (χ2v) is 8.92. The van der Waals surface area contributed by atoms with Crippen LogP contribution in [0.1, 0.15) is 23.6 Å².